The zero-order valence-corrected chi connectivity index (χ0v) is 24.8. The second kappa shape index (κ2) is 12.8. The molecule has 6 aromatic rings. The Morgan fingerprint density at radius 1 is 1.02 bits per heavy atom. The SMILES string of the molecule is CCn1cncc1Cn1c(Cc2ccc(-c3cccc(OCc4ccc(C#N)cc4F)n3)cc2)nc2ccc(C(=O)OC)cc21. The number of ether oxygens (including phenoxy) is 2. The Morgan fingerprint density at radius 2 is 1.87 bits per heavy atom. The zero-order valence-electron chi connectivity index (χ0n) is 24.8. The van der Waals surface area contributed by atoms with Crippen molar-refractivity contribution in [2.24, 2.45) is 0 Å². The molecule has 0 aliphatic heterocycles. The fourth-order valence-corrected chi connectivity index (χ4v) is 5.17. The molecule has 0 bridgehead atoms. The fourth-order valence-electron chi connectivity index (χ4n) is 5.17. The van der Waals surface area contributed by atoms with E-state index in [0.29, 0.717) is 30.0 Å². The molecule has 0 saturated carbocycles. The van der Waals surface area contributed by atoms with Crippen LogP contribution in [0.3, 0.4) is 0 Å². The van der Waals surface area contributed by atoms with E-state index < -0.39 is 11.8 Å². The number of rotatable bonds is 10. The lowest BCUT2D eigenvalue weighted by Gasteiger charge is -2.12. The van der Waals surface area contributed by atoms with Crippen LogP contribution in [0.2, 0.25) is 0 Å². The third kappa shape index (κ3) is 6.28. The average Bonchev–Trinajstić information content (AvgIpc) is 3.67. The molecule has 10 heteroatoms. The Hall–Kier alpha value is -5.82. The molecule has 3 aromatic carbocycles. The number of carbonyl (C=O) groups excluding carboxylic acids is 1. The van der Waals surface area contributed by atoms with Crippen LogP contribution < -0.4 is 4.74 Å². The Bertz CT molecular complexity index is 2040. The van der Waals surface area contributed by atoms with E-state index in [-0.39, 0.29) is 12.2 Å². The van der Waals surface area contributed by atoms with Crippen LogP contribution in [-0.4, -0.2) is 37.2 Å². The molecule has 3 heterocycles. The van der Waals surface area contributed by atoms with Crippen molar-refractivity contribution in [3.05, 3.63) is 131 Å². The van der Waals surface area contributed by atoms with Crippen LogP contribution in [0.5, 0.6) is 5.88 Å². The zero-order chi connectivity index (χ0) is 31.3. The van der Waals surface area contributed by atoms with Crippen molar-refractivity contribution in [3.63, 3.8) is 0 Å². The minimum Gasteiger partial charge on any atom is -0.473 e. The lowest BCUT2D eigenvalue weighted by atomic mass is 10.1. The summed E-state index contributed by atoms with van der Waals surface area (Å²) in [4.78, 5) is 26.1. The van der Waals surface area contributed by atoms with Crippen LogP contribution in [0.25, 0.3) is 22.3 Å². The molecule has 45 heavy (non-hydrogen) atoms. The van der Waals surface area contributed by atoms with E-state index >= 15 is 0 Å². The topological polar surface area (TPSA) is 108 Å². The molecule has 0 spiro atoms. The fraction of sp³-hybridized carbons (Fsp3) is 0.171. The Balaban J connectivity index is 1.23. The number of methoxy groups -OCH3 is 1. The van der Waals surface area contributed by atoms with E-state index in [2.05, 4.69) is 26.0 Å². The molecule has 0 fully saturated rings. The summed E-state index contributed by atoms with van der Waals surface area (Å²) in [5.41, 5.74) is 6.40. The first-order chi connectivity index (χ1) is 21.9. The third-order valence-corrected chi connectivity index (χ3v) is 7.60. The van der Waals surface area contributed by atoms with Crippen molar-refractivity contribution < 1.29 is 18.7 Å². The predicted octanol–water partition coefficient (Wildman–Crippen LogP) is 6.33. The maximum atomic E-state index is 14.3. The number of hydrogen-bond donors (Lipinski definition) is 0. The first-order valence-corrected chi connectivity index (χ1v) is 14.4. The summed E-state index contributed by atoms with van der Waals surface area (Å²) in [6, 6.07) is 25.1. The first kappa shape index (κ1) is 29.3. The number of nitrogens with zero attached hydrogens (tertiary/aromatic N) is 6. The van der Waals surface area contributed by atoms with E-state index in [1.165, 1.54) is 13.2 Å². The maximum Gasteiger partial charge on any atom is 0.337 e. The highest BCUT2D eigenvalue weighted by Gasteiger charge is 2.17. The molecular weight excluding hydrogens is 571 g/mol. The van der Waals surface area contributed by atoms with Crippen LogP contribution >= 0.6 is 0 Å². The molecule has 0 N–H and O–H groups in total. The van der Waals surface area contributed by atoms with Gasteiger partial charge in [-0.25, -0.2) is 24.1 Å². The van der Waals surface area contributed by atoms with Gasteiger partial charge in [-0.2, -0.15) is 5.26 Å². The Labute approximate surface area is 259 Å². The standard InChI is InChI=1S/C35H29FN6O3/c1-3-41-22-38-19-28(41)20-42-32-17-26(35(43)44-2)13-14-31(32)39-33(42)16-23-7-10-25(11-8-23)30-5-4-6-34(40-30)45-21-27-12-9-24(18-37)15-29(27)36/h4-15,17,19,22H,3,16,20-21H2,1-2H3. The van der Waals surface area contributed by atoms with Crippen LogP contribution in [0, 0.1) is 17.1 Å². The molecule has 0 saturated heterocycles. The molecule has 0 aliphatic carbocycles. The molecule has 0 aliphatic rings. The maximum absolute atomic E-state index is 14.3. The number of pyridine rings is 1. The molecule has 0 radical (unpaired) electrons. The van der Waals surface area contributed by atoms with Gasteiger partial charge < -0.3 is 18.6 Å². The highest BCUT2D eigenvalue weighted by Crippen LogP contribution is 2.25. The van der Waals surface area contributed by atoms with Crippen molar-refractivity contribution >= 4 is 17.0 Å². The van der Waals surface area contributed by atoms with Crippen LogP contribution in [0.1, 0.15) is 45.5 Å². The minimum atomic E-state index is -0.491. The Morgan fingerprint density at radius 3 is 2.62 bits per heavy atom. The molecule has 6 rings (SSSR count). The van der Waals surface area contributed by atoms with E-state index in [0.717, 1.165) is 45.9 Å². The first-order valence-electron chi connectivity index (χ1n) is 14.4. The smallest absolute Gasteiger partial charge is 0.337 e. The number of aromatic nitrogens is 5. The van der Waals surface area contributed by atoms with Gasteiger partial charge in [0, 0.05) is 36.4 Å². The molecular formula is C35H29FN6O3. The van der Waals surface area contributed by atoms with Crippen molar-refractivity contribution in [2.75, 3.05) is 7.11 Å². The van der Waals surface area contributed by atoms with Gasteiger partial charge >= 0.3 is 5.97 Å². The van der Waals surface area contributed by atoms with Crippen LogP contribution in [0.4, 0.5) is 4.39 Å². The molecule has 224 valence electrons. The number of halogens is 1. The van der Waals surface area contributed by atoms with Gasteiger partial charge in [-0.15, -0.1) is 0 Å². The van der Waals surface area contributed by atoms with Crippen molar-refractivity contribution in [3.8, 4) is 23.2 Å². The van der Waals surface area contributed by atoms with E-state index in [1.54, 1.807) is 24.3 Å². The molecule has 9 nitrogen and oxygen atoms in total. The summed E-state index contributed by atoms with van der Waals surface area (Å²) in [5.74, 6) is 0.331. The summed E-state index contributed by atoms with van der Waals surface area (Å²) >= 11 is 0. The summed E-state index contributed by atoms with van der Waals surface area (Å²) in [6.45, 7) is 3.40. The van der Waals surface area contributed by atoms with Crippen LogP contribution in [0.15, 0.2) is 91.4 Å². The van der Waals surface area contributed by atoms with Gasteiger partial charge in [0.2, 0.25) is 5.88 Å². The average molecular weight is 601 g/mol. The second-order valence-corrected chi connectivity index (χ2v) is 10.4. The van der Waals surface area contributed by atoms with Crippen molar-refractivity contribution in [2.45, 2.75) is 33.0 Å². The number of benzene rings is 3. The van der Waals surface area contributed by atoms with Gasteiger partial charge in [-0.1, -0.05) is 36.4 Å². The van der Waals surface area contributed by atoms with Gasteiger partial charge in [0.05, 0.1) is 59.6 Å². The normalized spacial score (nSPS) is 11.0. The number of imidazole rings is 2. The number of fused-ring (bicyclic) bond motifs is 1. The number of aryl methyl sites for hydroxylation is 1. The summed E-state index contributed by atoms with van der Waals surface area (Å²) in [5, 5.41) is 8.95. The van der Waals surface area contributed by atoms with E-state index in [1.807, 2.05) is 67.1 Å². The van der Waals surface area contributed by atoms with Crippen LogP contribution in [-0.2, 0) is 30.9 Å². The summed E-state index contributed by atoms with van der Waals surface area (Å²) < 4.78 is 29.2. The monoisotopic (exact) mass is 600 g/mol. The quantitative estimate of drug-likeness (QED) is 0.169. The van der Waals surface area contributed by atoms with Gasteiger partial charge in [0.25, 0.3) is 0 Å². The number of carbonyl (C=O) groups is 1. The molecule has 0 atom stereocenters. The molecule has 3 aromatic heterocycles. The highest BCUT2D eigenvalue weighted by molar-refractivity contribution is 5.93. The predicted molar refractivity (Wildman–Crippen MR) is 166 cm³/mol. The Kier molecular flexibility index (Phi) is 8.33. The lowest BCUT2D eigenvalue weighted by molar-refractivity contribution is 0.0601. The van der Waals surface area contributed by atoms with E-state index in [4.69, 9.17) is 19.7 Å². The summed E-state index contributed by atoms with van der Waals surface area (Å²) in [6.07, 6.45) is 4.23. The van der Waals surface area contributed by atoms with Crippen molar-refractivity contribution in [1.82, 2.24) is 24.1 Å². The molecule has 0 amide bonds. The van der Waals surface area contributed by atoms with Gasteiger partial charge in [-0.3, -0.25) is 0 Å². The number of hydrogen-bond acceptors (Lipinski definition) is 7. The van der Waals surface area contributed by atoms with Gasteiger partial charge in [0.1, 0.15) is 18.2 Å². The summed E-state index contributed by atoms with van der Waals surface area (Å²) in [7, 11) is 1.37. The van der Waals surface area contributed by atoms with Gasteiger partial charge in [-0.05, 0) is 48.9 Å². The molecule has 0 unspecified atom stereocenters. The number of nitriles is 1. The highest BCUT2D eigenvalue weighted by atomic mass is 19.1. The minimum absolute atomic E-state index is 0.00585. The van der Waals surface area contributed by atoms with E-state index in [9.17, 15) is 9.18 Å². The number of esters is 1. The lowest BCUT2D eigenvalue weighted by Crippen LogP contribution is -2.10. The third-order valence-electron chi connectivity index (χ3n) is 7.60. The van der Waals surface area contributed by atoms with Gasteiger partial charge in [0.15, 0.2) is 0 Å². The van der Waals surface area contributed by atoms with Crippen molar-refractivity contribution in [1.29, 1.82) is 5.26 Å². The second-order valence-electron chi connectivity index (χ2n) is 10.4. The largest absolute Gasteiger partial charge is 0.473 e.